The van der Waals surface area contributed by atoms with Crippen molar-refractivity contribution in [3.05, 3.63) is 95.6 Å². The Morgan fingerprint density at radius 1 is 0.967 bits per heavy atom. The molecule has 0 heterocycles. The molecule has 5 nitrogen and oxygen atoms in total. The van der Waals surface area contributed by atoms with Gasteiger partial charge in [0.05, 0.1) is 0 Å². The zero-order valence-corrected chi connectivity index (χ0v) is 17.3. The van der Waals surface area contributed by atoms with Crippen molar-refractivity contribution in [2.45, 2.75) is 26.0 Å². The van der Waals surface area contributed by atoms with E-state index in [1.165, 1.54) is 0 Å². The zero-order valence-electron chi connectivity index (χ0n) is 17.3. The number of carbonyl (C=O) groups excluding carboxylic acids is 1. The number of ether oxygens (including phenoxy) is 1. The third-order valence-corrected chi connectivity index (χ3v) is 5.13. The fourth-order valence-electron chi connectivity index (χ4n) is 3.33. The molecule has 4 N–H and O–H groups in total. The Morgan fingerprint density at radius 2 is 1.57 bits per heavy atom. The molecule has 0 fully saturated rings. The monoisotopic (exact) mass is 401 g/mol. The fraction of sp³-hybridized carbons (Fsp3) is 0.200. The Labute approximate surface area is 177 Å². The van der Waals surface area contributed by atoms with Crippen LogP contribution in [0.4, 0.5) is 0 Å². The van der Waals surface area contributed by atoms with Crippen molar-refractivity contribution < 1.29 is 9.53 Å². The van der Waals surface area contributed by atoms with E-state index < -0.39 is 5.60 Å². The number of amidine groups is 1. The molecule has 0 unspecified atom stereocenters. The van der Waals surface area contributed by atoms with Crippen LogP contribution in [0, 0.1) is 5.41 Å². The molecule has 3 rings (SSSR count). The Bertz CT molecular complexity index is 999. The number of carbonyl (C=O) groups is 1. The maximum absolute atomic E-state index is 13.1. The summed E-state index contributed by atoms with van der Waals surface area (Å²) in [4.78, 5) is 13.1. The van der Waals surface area contributed by atoms with Gasteiger partial charge in [-0.1, -0.05) is 78.9 Å². The van der Waals surface area contributed by atoms with E-state index in [0.29, 0.717) is 18.7 Å². The topological polar surface area (TPSA) is 88.2 Å². The van der Waals surface area contributed by atoms with E-state index in [4.69, 9.17) is 15.9 Å². The van der Waals surface area contributed by atoms with Crippen LogP contribution < -0.4 is 11.1 Å². The Morgan fingerprint density at radius 3 is 2.13 bits per heavy atom. The van der Waals surface area contributed by atoms with Crippen molar-refractivity contribution in [3.63, 3.8) is 0 Å². The highest BCUT2D eigenvalue weighted by atomic mass is 16.5. The van der Waals surface area contributed by atoms with Crippen molar-refractivity contribution in [3.8, 4) is 11.1 Å². The van der Waals surface area contributed by atoms with E-state index >= 15 is 0 Å². The summed E-state index contributed by atoms with van der Waals surface area (Å²) in [6, 6.07) is 25.3. The third kappa shape index (κ3) is 4.75. The molecule has 0 aromatic heterocycles. The van der Waals surface area contributed by atoms with E-state index in [9.17, 15) is 4.79 Å². The van der Waals surface area contributed by atoms with Crippen LogP contribution in [0.2, 0.25) is 0 Å². The predicted octanol–water partition coefficient (Wildman–Crippen LogP) is 4.21. The molecular formula is C25H27N3O2. The van der Waals surface area contributed by atoms with Gasteiger partial charge >= 0.3 is 0 Å². The van der Waals surface area contributed by atoms with Gasteiger partial charge in [-0.3, -0.25) is 10.2 Å². The molecule has 5 heteroatoms. The number of hydrogen-bond donors (Lipinski definition) is 3. The van der Waals surface area contributed by atoms with Gasteiger partial charge in [0.1, 0.15) is 5.84 Å². The molecule has 1 atom stereocenters. The lowest BCUT2D eigenvalue weighted by Crippen LogP contribution is -2.44. The average Bonchev–Trinajstić information content (AvgIpc) is 2.78. The number of rotatable bonds is 8. The minimum Gasteiger partial charge on any atom is -0.384 e. The van der Waals surface area contributed by atoms with E-state index in [2.05, 4.69) is 17.4 Å². The summed E-state index contributed by atoms with van der Waals surface area (Å²) in [5.41, 5.74) is 8.98. The molecule has 0 saturated heterocycles. The van der Waals surface area contributed by atoms with Gasteiger partial charge in [-0.2, -0.15) is 0 Å². The largest absolute Gasteiger partial charge is 0.384 e. The predicted molar refractivity (Wildman–Crippen MR) is 120 cm³/mol. The minimum atomic E-state index is -1.09. The minimum absolute atomic E-state index is 0.0217. The summed E-state index contributed by atoms with van der Waals surface area (Å²) in [7, 11) is 0. The van der Waals surface area contributed by atoms with Gasteiger partial charge in [0, 0.05) is 18.7 Å². The molecule has 3 aromatic rings. The number of nitrogens with two attached hydrogens (primary N) is 1. The smallest absolute Gasteiger partial charge is 0.256 e. The SMILES string of the molecule is CCO[C@](C)(C(=O)NCc1ccc(C(=N)N)cc1)c1ccc(-c2ccccc2)cc1. The first-order chi connectivity index (χ1) is 14.4. The van der Waals surface area contributed by atoms with Crippen LogP contribution in [-0.2, 0) is 21.7 Å². The fourth-order valence-corrected chi connectivity index (χ4v) is 3.33. The van der Waals surface area contributed by atoms with Gasteiger partial charge in [0.15, 0.2) is 5.60 Å². The van der Waals surface area contributed by atoms with Gasteiger partial charge < -0.3 is 15.8 Å². The van der Waals surface area contributed by atoms with Crippen LogP contribution in [0.15, 0.2) is 78.9 Å². The Hall–Kier alpha value is -3.44. The maximum Gasteiger partial charge on any atom is 0.256 e. The summed E-state index contributed by atoms with van der Waals surface area (Å²) in [5.74, 6) is -0.180. The molecule has 0 aliphatic rings. The first-order valence-corrected chi connectivity index (χ1v) is 9.95. The lowest BCUT2D eigenvalue weighted by molar-refractivity contribution is -0.146. The second kappa shape index (κ2) is 9.37. The highest BCUT2D eigenvalue weighted by Crippen LogP contribution is 2.29. The molecule has 0 radical (unpaired) electrons. The first kappa shape index (κ1) is 21.3. The first-order valence-electron chi connectivity index (χ1n) is 9.95. The van der Waals surface area contributed by atoms with Crippen molar-refractivity contribution >= 4 is 11.7 Å². The van der Waals surface area contributed by atoms with Crippen LogP contribution in [0.5, 0.6) is 0 Å². The van der Waals surface area contributed by atoms with Crippen LogP contribution in [0.1, 0.15) is 30.5 Å². The van der Waals surface area contributed by atoms with E-state index in [1.807, 2.05) is 61.5 Å². The van der Waals surface area contributed by atoms with Crippen molar-refractivity contribution in [2.24, 2.45) is 5.73 Å². The number of hydrogen-bond acceptors (Lipinski definition) is 3. The van der Waals surface area contributed by atoms with Gasteiger partial charge in [-0.05, 0) is 36.1 Å². The molecule has 154 valence electrons. The normalized spacial score (nSPS) is 12.7. The quantitative estimate of drug-likeness (QED) is 0.390. The molecule has 30 heavy (non-hydrogen) atoms. The Balaban J connectivity index is 1.75. The molecule has 0 spiro atoms. The summed E-state index contributed by atoms with van der Waals surface area (Å²) in [6.07, 6.45) is 0. The molecule has 0 bridgehead atoms. The third-order valence-electron chi connectivity index (χ3n) is 5.13. The van der Waals surface area contributed by atoms with E-state index in [1.54, 1.807) is 19.1 Å². The second-order valence-corrected chi connectivity index (χ2v) is 7.20. The summed E-state index contributed by atoms with van der Waals surface area (Å²) in [6.45, 7) is 4.45. The lowest BCUT2D eigenvalue weighted by Gasteiger charge is -2.29. The second-order valence-electron chi connectivity index (χ2n) is 7.20. The molecule has 0 aliphatic carbocycles. The van der Waals surface area contributed by atoms with Crippen molar-refractivity contribution in [2.75, 3.05) is 6.61 Å². The van der Waals surface area contributed by atoms with Crippen LogP contribution in [0.3, 0.4) is 0 Å². The highest BCUT2D eigenvalue weighted by Gasteiger charge is 2.35. The van der Waals surface area contributed by atoms with E-state index in [0.717, 1.165) is 22.3 Å². The number of nitrogens with one attached hydrogen (secondary N) is 2. The highest BCUT2D eigenvalue weighted by molar-refractivity contribution is 5.94. The molecular weight excluding hydrogens is 374 g/mol. The molecule has 0 saturated carbocycles. The zero-order chi connectivity index (χ0) is 21.6. The average molecular weight is 402 g/mol. The summed E-state index contributed by atoms with van der Waals surface area (Å²) >= 11 is 0. The van der Waals surface area contributed by atoms with Crippen molar-refractivity contribution in [1.29, 1.82) is 5.41 Å². The Kier molecular flexibility index (Phi) is 6.65. The van der Waals surface area contributed by atoms with Crippen LogP contribution >= 0.6 is 0 Å². The molecule has 3 aromatic carbocycles. The number of amides is 1. The van der Waals surface area contributed by atoms with Crippen molar-refractivity contribution in [1.82, 2.24) is 5.32 Å². The van der Waals surface area contributed by atoms with Gasteiger partial charge in [-0.25, -0.2) is 0 Å². The maximum atomic E-state index is 13.1. The van der Waals surface area contributed by atoms with Gasteiger partial charge in [0.2, 0.25) is 0 Å². The standard InChI is InChI=1S/C25H27N3O2/c1-3-30-25(2,22-15-13-20(14-16-22)19-7-5-4-6-8-19)24(29)28-17-18-9-11-21(12-10-18)23(26)27/h4-16H,3,17H2,1-2H3,(H3,26,27)(H,28,29)/t25-/m0/s1. The van der Waals surface area contributed by atoms with Gasteiger partial charge in [-0.15, -0.1) is 0 Å². The summed E-state index contributed by atoms with van der Waals surface area (Å²) in [5, 5.41) is 10.4. The van der Waals surface area contributed by atoms with Crippen LogP contribution in [0.25, 0.3) is 11.1 Å². The molecule has 1 amide bonds. The lowest BCUT2D eigenvalue weighted by atomic mass is 9.92. The summed E-state index contributed by atoms with van der Waals surface area (Å²) < 4.78 is 5.91. The molecule has 0 aliphatic heterocycles. The van der Waals surface area contributed by atoms with Crippen LogP contribution in [-0.4, -0.2) is 18.3 Å². The van der Waals surface area contributed by atoms with E-state index in [-0.39, 0.29) is 11.7 Å². The number of nitrogen functional groups attached to an aromatic ring is 1. The number of benzene rings is 3. The van der Waals surface area contributed by atoms with Gasteiger partial charge in [0.25, 0.3) is 5.91 Å².